The van der Waals surface area contributed by atoms with Gasteiger partial charge in [-0.2, -0.15) is 0 Å². The Hall–Kier alpha value is -2.64. The first-order valence-electron chi connectivity index (χ1n) is 12.3. The lowest BCUT2D eigenvalue weighted by Gasteiger charge is -2.56. The van der Waals surface area contributed by atoms with Gasteiger partial charge in [-0.3, -0.25) is 9.59 Å². The number of hydrogen-bond donors (Lipinski definition) is 3. The van der Waals surface area contributed by atoms with Crippen LogP contribution in [0.5, 0.6) is 17.2 Å². The van der Waals surface area contributed by atoms with Crippen LogP contribution in [-0.4, -0.2) is 49.3 Å². The van der Waals surface area contributed by atoms with Crippen LogP contribution in [-0.2, 0) is 16.0 Å². The van der Waals surface area contributed by atoms with Crippen LogP contribution in [0.4, 0.5) is 0 Å². The van der Waals surface area contributed by atoms with Crippen molar-refractivity contribution >= 4 is 11.6 Å². The SMILES string of the molecule is CC(C)=CC[C@@]12OC(C)(C)[C@@H]3C[C@H](C=C4C(=O)c5c(O)cc(O)c(CCC(C)(C)O)c5O[C@]431)C2=O. The van der Waals surface area contributed by atoms with E-state index in [-0.39, 0.29) is 47.4 Å². The molecule has 1 spiro atoms. The summed E-state index contributed by atoms with van der Waals surface area (Å²) in [6.07, 6.45) is 4.92. The maximum absolute atomic E-state index is 14.0. The Morgan fingerprint density at radius 3 is 2.51 bits per heavy atom. The molecular formula is C28H34O7. The van der Waals surface area contributed by atoms with E-state index in [9.17, 15) is 24.9 Å². The molecule has 3 aliphatic carbocycles. The Bertz CT molecular complexity index is 1210. The number of phenolic OH excluding ortho intramolecular Hbond substituents is 2. The third-order valence-electron chi connectivity index (χ3n) is 8.22. The van der Waals surface area contributed by atoms with Gasteiger partial charge < -0.3 is 24.8 Å². The second-order valence-electron chi connectivity index (χ2n) is 11.9. The van der Waals surface area contributed by atoms with Crippen LogP contribution < -0.4 is 4.74 Å². The van der Waals surface area contributed by atoms with E-state index in [2.05, 4.69) is 0 Å². The van der Waals surface area contributed by atoms with Crippen LogP contribution in [0.3, 0.4) is 0 Å². The van der Waals surface area contributed by atoms with Crippen molar-refractivity contribution in [2.75, 3.05) is 0 Å². The number of phenols is 2. The number of aromatic hydroxyl groups is 2. The number of benzene rings is 1. The van der Waals surface area contributed by atoms with Crippen LogP contribution in [0, 0.1) is 11.8 Å². The number of ether oxygens (including phenoxy) is 2. The van der Waals surface area contributed by atoms with E-state index < -0.39 is 34.1 Å². The summed E-state index contributed by atoms with van der Waals surface area (Å²) in [5, 5.41) is 31.8. The van der Waals surface area contributed by atoms with Gasteiger partial charge in [0.1, 0.15) is 22.8 Å². The molecule has 6 rings (SSSR count). The Balaban J connectivity index is 1.78. The van der Waals surface area contributed by atoms with Crippen molar-refractivity contribution < 1.29 is 34.4 Å². The van der Waals surface area contributed by atoms with Gasteiger partial charge in [-0.05, 0) is 60.8 Å². The molecule has 0 amide bonds. The van der Waals surface area contributed by atoms with Gasteiger partial charge in [0.2, 0.25) is 0 Å². The van der Waals surface area contributed by atoms with Crippen LogP contribution >= 0.6 is 0 Å². The Morgan fingerprint density at radius 2 is 1.89 bits per heavy atom. The molecule has 5 aliphatic rings. The minimum absolute atomic E-state index is 0.0139. The molecule has 1 saturated heterocycles. The van der Waals surface area contributed by atoms with Gasteiger partial charge in [0, 0.05) is 35.5 Å². The first-order chi connectivity index (χ1) is 16.1. The number of hydrogen-bond acceptors (Lipinski definition) is 7. The normalized spacial score (nSPS) is 32.0. The number of fused-ring (bicyclic) bond motifs is 1. The molecule has 1 saturated carbocycles. The van der Waals surface area contributed by atoms with Gasteiger partial charge >= 0.3 is 0 Å². The van der Waals surface area contributed by atoms with E-state index in [0.717, 1.165) is 11.6 Å². The predicted octanol–water partition coefficient (Wildman–Crippen LogP) is 4.16. The van der Waals surface area contributed by atoms with Crippen LogP contribution in [0.15, 0.2) is 29.4 Å². The first kappa shape index (κ1) is 24.1. The van der Waals surface area contributed by atoms with Crippen LogP contribution in [0.25, 0.3) is 0 Å². The van der Waals surface area contributed by atoms with Crippen LogP contribution in [0.1, 0.15) is 76.7 Å². The van der Waals surface area contributed by atoms with Gasteiger partial charge in [-0.1, -0.05) is 17.7 Å². The number of aliphatic hydroxyl groups is 1. The molecule has 2 heterocycles. The maximum Gasteiger partial charge on any atom is 0.200 e. The zero-order valence-electron chi connectivity index (χ0n) is 21.2. The minimum atomic E-state index is -1.40. The zero-order valence-corrected chi connectivity index (χ0v) is 21.2. The number of allylic oxidation sites excluding steroid dienone is 2. The summed E-state index contributed by atoms with van der Waals surface area (Å²) < 4.78 is 13.4. The molecule has 0 aromatic heterocycles. The molecule has 2 aliphatic heterocycles. The Kier molecular flexibility index (Phi) is 4.95. The minimum Gasteiger partial charge on any atom is -0.507 e. The average Bonchev–Trinajstić information content (AvgIpc) is 2.88. The molecule has 2 fully saturated rings. The standard InChI is InChI=1S/C28H34O7/c1-14(2)7-10-27-24(32)15-11-17-22(31)21-19(30)13-18(29)16(8-9-25(3,4)33)23(21)34-28(17,27)20(12-15)26(5,6)35-27/h7,11,13,15,20,29-30,33H,8-10,12H2,1-6H3/t15-,20-,27-,28+/m0/s1. The monoisotopic (exact) mass is 482 g/mol. The lowest BCUT2D eigenvalue weighted by atomic mass is 9.51. The molecule has 188 valence electrons. The van der Waals surface area contributed by atoms with Gasteiger partial charge in [0.15, 0.2) is 22.8 Å². The second-order valence-corrected chi connectivity index (χ2v) is 11.9. The summed E-state index contributed by atoms with van der Waals surface area (Å²) >= 11 is 0. The van der Waals surface area contributed by atoms with E-state index in [1.807, 2.05) is 33.8 Å². The van der Waals surface area contributed by atoms with E-state index in [1.165, 1.54) is 0 Å². The van der Waals surface area contributed by atoms with Crippen molar-refractivity contribution in [1.82, 2.24) is 0 Å². The van der Waals surface area contributed by atoms with Crippen molar-refractivity contribution in [3.63, 3.8) is 0 Å². The summed E-state index contributed by atoms with van der Waals surface area (Å²) in [4.78, 5) is 27.9. The van der Waals surface area contributed by atoms with Crippen molar-refractivity contribution in [3.05, 3.63) is 40.5 Å². The summed E-state index contributed by atoms with van der Waals surface area (Å²) in [6.45, 7) is 11.1. The van der Waals surface area contributed by atoms with E-state index in [4.69, 9.17) is 9.47 Å². The van der Waals surface area contributed by atoms with Gasteiger partial charge in [0.25, 0.3) is 0 Å². The quantitative estimate of drug-likeness (QED) is 0.540. The molecule has 4 bridgehead atoms. The Labute approximate surface area is 205 Å². The highest BCUT2D eigenvalue weighted by molar-refractivity contribution is 6.18. The highest BCUT2D eigenvalue weighted by Crippen LogP contribution is 2.68. The lowest BCUT2D eigenvalue weighted by Crippen LogP contribution is -2.72. The van der Waals surface area contributed by atoms with E-state index in [0.29, 0.717) is 24.0 Å². The lowest BCUT2D eigenvalue weighted by molar-refractivity contribution is -0.171. The van der Waals surface area contributed by atoms with Gasteiger partial charge in [-0.15, -0.1) is 0 Å². The molecule has 1 aromatic carbocycles. The van der Waals surface area contributed by atoms with Crippen LogP contribution in [0.2, 0.25) is 0 Å². The second kappa shape index (κ2) is 7.20. The molecule has 0 unspecified atom stereocenters. The summed E-state index contributed by atoms with van der Waals surface area (Å²) in [5.74, 6) is -1.76. The highest BCUT2D eigenvalue weighted by atomic mass is 16.6. The topological polar surface area (TPSA) is 113 Å². The molecule has 4 atom stereocenters. The summed E-state index contributed by atoms with van der Waals surface area (Å²) in [6, 6.07) is 1.15. The van der Waals surface area contributed by atoms with Crippen molar-refractivity contribution in [2.24, 2.45) is 11.8 Å². The summed E-state index contributed by atoms with van der Waals surface area (Å²) in [7, 11) is 0. The fraction of sp³-hybridized carbons (Fsp3) is 0.571. The average molecular weight is 483 g/mol. The number of ketones is 2. The molecule has 0 radical (unpaired) electrons. The van der Waals surface area contributed by atoms with E-state index >= 15 is 0 Å². The molecule has 1 aromatic rings. The summed E-state index contributed by atoms with van der Waals surface area (Å²) in [5.41, 5.74) is -2.85. The first-order valence-corrected chi connectivity index (χ1v) is 12.3. The van der Waals surface area contributed by atoms with E-state index in [1.54, 1.807) is 19.9 Å². The number of carbonyl (C=O) groups excluding carboxylic acids is 2. The molecule has 7 nitrogen and oxygen atoms in total. The Morgan fingerprint density at radius 1 is 1.20 bits per heavy atom. The number of rotatable bonds is 5. The number of carbonyl (C=O) groups is 2. The largest absolute Gasteiger partial charge is 0.507 e. The van der Waals surface area contributed by atoms with Gasteiger partial charge in [-0.25, -0.2) is 0 Å². The van der Waals surface area contributed by atoms with Crippen molar-refractivity contribution in [2.45, 2.75) is 89.6 Å². The molecule has 35 heavy (non-hydrogen) atoms. The smallest absolute Gasteiger partial charge is 0.200 e. The van der Waals surface area contributed by atoms with Gasteiger partial charge in [0.05, 0.1) is 11.2 Å². The third kappa shape index (κ3) is 3.10. The molecule has 7 heteroatoms. The number of Topliss-reactive ketones (excluding diaryl/α,β-unsaturated/α-hetero) is 2. The molecule has 3 N–H and O–H groups in total. The fourth-order valence-electron chi connectivity index (χ4n) is 6.65. The molecular weight excluding hydrogens is 448 g/mol. The van der Waals surface area contributed by atoms with Crippen molar-refractivity contribution in [3.8, 4) is 17.2 Å². The predicted molar refractivity (Wildman–Crippen MR) is 129 cm³/mol. The van der Waals surface area contributed by atoms with Crippen molar-refractivity contribution in [1.29, 1.82) is 0 Å². The highest BCUT2D eigenvalue weighted by Gasteiger charge is 2.81. The maximum atomic E-state index is 14.0. The zero-order chi connectivity index (χ0) is 25.7. The third-order valence-corrected chi connectivity index (χ3v) is 8.22. The fourth-order valence-corrected chi connectivity index (χ4v) is 6.65.